The van der Waals surface area contributed by atoms with E-state index in [4.69, 9.17) is 21.7 Å². The third-order valence-electron chi connectivity index (χ3n) is 11.1. The number of benzene rings is 8. The zero-order chi connectivity index (χ0) is 42.1. The van der Waals surface area contributed by atoms with Gasteiger partial charge in [-0.15, -0.1) is 12.1 Å². The summed E-state index contributed by atoms with van der Waals surface area (Å²) in [7, 11) is -2.11. The van der Waals surface area contributed by atoms with Crippen LogP contribution in [-0.4, -0.2) is 5.66 Å². The van der Waals surface area contributed by atoms with Crippen molar-refractivity contribution in [3.63, 3.8) is 0 Å². The Bertz CT molecular complexity index is 3100. The Morgan fingerprint density at radius 3 is 1.31 bits per heavy atom. The van der Waals surface area contributed by atoms with Crippen LogP contribution in [0.2, 0.25) is 0 Å². The monoisotopic (exact) mass is 1230 g/mol. The molecule has 6 heteroatoms. The molecule has 2 nitrogen and oxygen atoms in total. The van der Waals surface area contributed by atoms with Crippen molar-refractivity contribution in [2.24, 2.45) is 0 Å². The predicted molar refractivity (Wildman–Crippen MR) is 267 cm³/mol. The van der Waals surface area contributed by atoms with Crippen molar-refractivity contribution in [2.45, 2.75) is 12.1 Å². The molecular weight excluding hydrogens is 1180 g/mol. The van der Waals surface area contributed by atoms with Crippen molar-refractivity contribution in [3.05, 3.63) is 248 Å². The molecule has 0 saturated carbocycles. The molecule has 0 amide bonds. The van der Waals surface area contributed by atoms with Gasteiger partial charge >= 0.3 is 44.8 Å². The minimum Gasteiger partial charge on any atom is -0.474 e. The normalized spacial score (nSPS) is 13.1. The first-order chi connectivity index (χ1) is 30.7. The van der Waals surface area contributed by atoms with Gasteiger partial charge in [0.25, 0.3) is 0 Å². The molecule has 0 fully saturated rings. The first-order valence-corrected chi connectivity index (χ1v) is 23.8. The summed E-state index contributed by atoms with van der Waals surface area (Å²) in [5.74, 6) is 4.77. The molecule has 2 unspecified atom stereocenters. The van der Waals surface area contributed by atoms with Crippen LogP contribution >= 0.6 is 15.8 Å². The van der Waals surface area contributed by atoms with Crippen LogP contribution in [-0.2, 0) is 44.8 Å². The van der Waals surface area contributed by atoms with E-state index in [0.717, 1.165) is 50.3 Å². The van der Waals surface area contributed by atoms with Gasteiger partial charge in [-0.25, -0.2) is 0 Å². The summed E-state index contributed by atoms with van der Waals surface area (Å²) in [5.41, 5.74) is 5.16. The number of allylic oxidation sites excluding steroid dienone is 4. The Morgan fingerprint density at radius 1 is 0.422 bits per heavy atom. The third-order valence-corrected chi connectivity index (χ3v) is 17.3. The van der Waals surface area contributed by atoms with Crippen LogP contribution in [0, 0.1) is 24.7 Å². The van der Waals surface area contributed by atoms with Crippen molar-refractivity contribution in [3.8, 4) is 11.8 Å². The second-order valence-electron chi connectivity index (χ2n) is 14.9. The molecule has 1 aliphatic carbocycles. The maximum absolute atomic E-state index is 7.19. The number of hydrogen-bond acceptors (Lipinski definition) is 2. The Labute approximate surface area is 409 Å². The molecule has 10 aromatic rings. The van der Waals surface area contributed by atoms with E-state index in [-0.39, 0.29) is 44.8 Å². The average molecular weight is 1230 g/mol. The van der Waals surface area contributed by atoms with E-state index in [2.05, 4.69) is 151 Å². The van der Waals surface area contributed by atoms with Crippen LogP contribution in [0.25, 0.3) is 43.9 Å². The molecule has 8 aromatic carbocycles. The smallest absolute Gasteiger partial charge is 0.474 e. The van der Waals surface area contributed by atoms with Crippen LogP contribution in [0.1, 0.15) is 17.5 Å². The molecule has 64 heavy (non-hydrogen) atoms. The maximum Gasteiger partial charge on any atom is 1.00 e. The maximum atomic E-state index is 7.19. The molecular formula is C58H42Au2O2P2+2. The van der Waals surface area contributed by atoms with Crippen molar-refractivity contribution < 1.29 is 53.6 Å². The molecule has 0 bridgehead atoms. The molecule has 1 aliphatic rings. The number of fused-ring (bicyclic) bond motifs is 6. The van der Waals surface area contributed by atoms with Crippen molar-refractivity contribution in [1.82, 2.24) is 0 Å². The molecule has 0 aliphatic heterocycles. The molecule has 11 rings (SSSR count). The van der Waals surface area contributed by atoms with Crippen LogP contribution in [0.15, 0.2) is 233 Å². The Morgan fingerprint density at radius 2 is 0.844 bits per heavy atom. The summed E-state index contributed by atoms with van der Waals surface area (Å²) >= 11 is 0. The first-order valence-electron chi connectivity index (χ1n) is 20.7. The quantitative estimate of drug-likeness (QED) is 0.0718. The van der Waals surface area contributed by atoms with Gasteiger partial charge in [-0.2, -0.15) is 0 Å². The van der Waals surface area contributed by atoms with Crippen molar-refractivity contribution in [2.75, 3.05) is 0 Å². The van der Waals surface area contributed by atoms with Gasteiger partial charge in [-0.3, -0.25) is 11.8 Å². The predicted octanol–water partition coefficient (Wildman–Crippen LogP) is 12.3. The minimum absolute atomic E-state index is 0. The van der Waals surface area contributed by atoms with E-state index in [1.54, 1.807) is 5.30 Å². The van der Waals surface area contributed by atoms with E-state index < -0.39 is 15.8 Å². The Balaban J connectivity index is 0.000000159. The fourth-order valence-electron chi connectivity index (χ4n) is 8.30. The largest absolute Gasteiger partial charge is 1.00 e. The summed E-state index contributed by atoms with van der Waals surface area (Å²) < 4.78 is 11.4. The van der Waals surface area contributed by atoms with E-state index in [9.17, 15) is 0 Å². The topological polar surface area (TPSA) is 26.3 Å². The third kappa shape index (κ3) is 9.99. The number of hydrogen-bond donors (Lipinski definition) is 0. The van der Waals surface area contributed by atoms with E-state index >= 15 is 0 Å². The molecule has 0 N–H and O–H groups in total. The fourth-order valence-corrected chi connectivity index (χ4v) is 14.7. The molecule has 0 radical (unpaired) electrons. The number of rotatable bonds is 6. The van der Waals surface area contributed by atoms with Gasteiger partial charge in [0.1, 0.15) is 40.3 Å². The molecule has 0 spiro atoms. The van der Waals surface area contributed by atoms with Crippen molar-refractivity contribution in [1.29, 1.82) is 0 Å². The van der Waals surface area contributed by atoms with Gasteiger partial charge in [-0.05, 0) is 66.7 Å². The molecule has 0 saturated heterocycles. The summed E-state index contributed by atoms with van der Waals surface area (Å²) in [4.78, 5) is 0. The summed E-state index contributed by atoms with van der Waals surface area (Å²) in [6, 6.07) is 70.0. The zero-order valence-electron chi connectivity index (χ0n) is 34.6. The van der Waals surface area contributed by atoms with E-state index in [1.807, 2.05) is 84.9 Å². The van der Waals surface area contributed by atoms with Crippen LogP contribution in [0.4, 0.5) is 0 Å². The summed E-state index contributed by atoms with van der Waals surface area (Å²) in [5, 5.41) is 11.8. The zero-order valence-corrected chi connectivity index (χ0v) is 40.9. The van der Waals surface area contributed by atoms with Crippen LogP contribution in [0.5, 0.6) is 0 Å². The second kappa shape index (κ2) is 22.3. The van der Waals surface area contributed by atoms with Gasteiger partial charge in [0.05, 0.1) is 30.1 Å². The van der Waals surface area contributed by atoms with Gasteiger partial charge in [0.15, 0.2) is 0 Å². The van der Waals surface area contributed by atoms with Crippen molar-refractivity contribution >= 4 is 86.2 Å². The van der Waals surface area contributed by atoms with Crippen LogP contribution < -0.4 is 26.5 Å². The van der Waals surface area contributed by atoms with Crippen LogP contribution in [0.3, 0.4) is 0 Å². The number of para-hydroxylation sites is 4. The van der Waals surface area contributed by atoms with Gasteiger partial charge in [-0.1, -0.05) is 157 Å². The fraction of sp³-hybridized carbons (Fsp3) is 0.0345. The average Bonchev–Trinajstić information content (AvgIpc) is 3.93. The van der Waals surface area contributed by atoms with E-state index in [0.29, 0.717) is 16.8 Å². The standard InChI is InChI=1S/C30H26P2.2C14H7O.2Au/c1-5-15-25(16-6-1)31(26-17-7-2-8-18-26)29-23-13-14-24-30(29)32(27-19-9-3-10-20-27)28-21-11-4-12-22-28;2*1-2-10-6-5-8-12-11-7-3-4-9-13(11)15-14(10)12;;/h1-21,23-24,28H,22H2;2*3-9H;;/q;2*-1;2*+1/p+2. The SMILES string of the molecule is C1=CCC([PH+](c2ccccc2)c2ccccc2[PH+](c2ccccc2)c2ccccc2)C=C1.[Au+].[Au+].[C-]#Cc1cccc2c1oc1ccccc12.[C-]#Cc1cccc2c1oc1ccccc12. The van der Waals surface area contributed by atoms with Gasteiger partial charge in [0.2, 0.25) is 0 Å². The summed E-state index contributed by atoms with van der Waals surface area (Å²) in [6.07, 6.45) is 24.7. The first kappa shape index (κ1) is 46.3. The molecule has 2 heterocycles. The minimum atomic E-state index is -1.11. The Kier molecular flexibility index (Phi) is 16.1. The molecule has 2 atom stereocenters. The molecule has 2 aromatic heterocycles. The second-order valence-corrected chi connectivity index (χ2v) is 20.0. The Hall–Kier alpha value is -5.70. The van der Waals surface area contributed by atoms with Gasteiger partial charge < -0.3 is 21.7 Å². The van der Waals surface area contributed by atoms with E-state index in [1.165, 1.54) is 21.2 Å². The van der Waals surface area contributed by atoms with Gasteiger partial charge in [0, 0.05) is 28.0 Å². The summed E-state index contributed by atoms with van der Waals surface area (Å²) in [6.45, 7) is 0. The molecule has 316 valence electrons. The number of furan rings is 2.